The Hall–Kier alpha value is 0.210. The highest BCUT2D eigenvalue weighted by molar-refractivity contribution is 6.18. The smallest absolute Gasteiger partial charge is 0.0351 e. The molecule has 0 amide bonds. The monoisotopic (exact) mass is 190 g/mol. The second-order valence-electron chi connectivity index (χ2n) is 3.87. The van der Waals surface area contributed by atoms with E-state index in [1.165, 1.54) is 26.1 Å². The highest BCUT2D eigenvalue weighted by atomic mass is 35.5. The molecule has 0 aliphatic carbocycles. The Morgan fingerprint density at radius 2 is 2.33 bits per heavy atom. The van der Waals surface area contributed by atoms with Crippen LogP contribution >= 0.6 is 11.6 Å². The van der Waals surface area contributed by atoms with Gasteiger partial charge in [0.1, 0.15) is 0 Å². The quantitative estimate of drug-likeness (QED) is 0.613. The van der Waals surface area contributed by atoms with Crippen LogP contribution in [0.2, 0.25) is 0 Å². The molecule has 0 bridgehead atoms. The molecule has 2 nitrogen and oxygen atoms in total. The molecule has 1 unspecified atom stereocenters. The third-order valence-corrected chi connectivity index (χ3v) is 2.69. The van der Waals surface area contributed by atoms with Crippen LogP contribution < -0.4 is 0 Å². The normalized spacial score (nSPS) is 25.5. The molecule has 0 aromatic heterocycles. The van der Waals surface area contributed by atoms with E-state index in [2.05, 4.69) is 23.9 Å². The number of rotatable bonds is 4. The molecule has 72 valence electrons. The summed E-state index contributed by atoms with van der Waals surface area (Å²) < 4.78 is 0. The standard InChI is InChI=1S/C9H19ClN2/c1-11-5-3-9(7-11)8-12(2)6-4-10/h9H,3-8H2,1-2H3. The van der Waals surface area contributed by atoms with Gasteiger partial charge in [-0.2, -0.15) is 0 Å². The molecule has 1 aliphatic rings. The minimum absolute atomic E-state index is 0.749. The molecule has 1 saturated heterocycles. The van der Waals surface area contributed by atoms with E-state index in [0.717, 1.165) is 18.3 Å². The summed E-state index contributed by atoms with van der Waals surface area (Å²) in [4.78, 5) is 4.73. The van der Waals surface area contributed by atoms with Crippen molar-refractivity contribution in [2.75, 3.05) is 46.2 Å². The zero-order chi connectivity index (χ0) is 8.97. The first-order valence-electron chi connectivity index (χ1n) is 4.65. The van der Waals surface area contributed by atoms with Crippen molar-refractivity contribution < 1.29 is 0 Å². The summed E-state index contributed by atoms with van der Waals surface area (Å²) in [5.41, 5.74) is 0. The number of halogens is 1. The molecular weight excluding hydrogens is 172 g/mol. The van der Waals surface area contributed by atoms with Crippen LogP contribution in [0, 0.1) is 5.92 Å². The predicted molar refractivity (Wildman–Crippen MR) is 53.8 cm³/mol. The molecule has 1 heterocycles. The van der Waals surface area contributed by atoms with Crippen molar-refractivity contribution in [2.45, 2.75) is 6.42 Å². The third-order valence-electron chi connectivity index (χ3n) is 2.53. The second-order valence-corrected chi connectivity index (χ2v) is 4.25. The van der Waals surface area contributed by atoms with Gasteiger partial charge in [0.2, 0.25) is 0 Å². The first-order valence-corrected chi connectivity index (χ1v) is 5.19. The molecule has 0 aromatic rings. The van der Waals surface area contributed by atoms with Crippen LogP contribution in [-0.4, -0.2) is 56.0 Å². The minimum Gasteiger partial charge on any atom is -0.306 e. The summed E-state index contributed by atoms with van der Waals surface area (Å²) in [6, 6.07) is 0. The molecule has 0 N–H and O–H groups in total. The summed E-state index contributed by atoms with van der Waals surface area (Å²) >= 11 is 5.66. The van der Waals surface area contributed by atoms with Crippen LogP contribution in [-0.2, 0) is 0 Å². The summed E-state index contributed by atoms with van der Waals surface area (Å²) in [5, 5.41) is 0. The van der Waals surface area contributed by atoms with Gasteiger partial charge in [0, 0.05) is 25.5 Å². The van der Waals surface area contributed by atoms with Gasteiger partial charge >= 0.3 is 0 Å². The van der Waals surface area contributed by atoms with Crippen LogP contribution in [0.3, 0.4) is 0 Å². The molecule has 1 rings (SSSR count). The van der Waals surface area contributed by atoms with E-state index in [1.54, 1.807) is 0 Å². The molecule has 0 saturated carbocycles. The van der Waals surface area contributed by atoms with E-state index < -0.39 is 0 Å². The Morgan fingerprint density at radius 3 is 2.83 bits per heavy atom. The van der Waals surface area contributed by atoms with E-state index in [-0.39, 0.29) is 0 Å². The maximum Gasteiger partial charge on any atom is 0.0351 e. The lowest BCUT2D eigenvalue weighted by molar-refractivity contribution is 0.286. The SMILES string of the molecule is CN(CCCl)CC1CCN(C)C1. The van der Waals surface area contributed by atoms with Crippen molar-refractivity contribution in [1.82, 2.24) is 9.80 Å². The Morgan fingerprint density at radius 1 is 1.58 bits per heavy atom. The highest BCUT2D eigenvalue weighted by Crippen LogP contribution is 2.14. The number of hydrogen-bond acceptors (Lipinski definition) is 2. The zero-order valence-corrected chi connectivity index (χ0v) is 8.85. The Balaban J connectivity index is 2.14. The molecule has 1 aliphatic heterocycles. The van der Waals surface area contributed by atoms with Gasteiger partial charge in [-0.1, -0.05) is 0 Å². The van der Waals surface area contributed by atoms with Crippen molar-refractivity contribution in [3.8, 4) is 0 Å². The van der Waals surface area contributed by atoms with Crippen molar-refractivity contribution in [3.05, 3.63) is 0 Å². The highest BCUT2D eigenvalue weighted by Gasteiger charge is 2.20. The van der Waals surface area contributed by atoms with Crippen molar-refractivity contribution in [2.24, 2.45) is 5.92 Å². The maximum absolute atomic E-state index is 5.66. The van der Waals surface area contributed by atoms with E-state index in [9.17, 15) is 0 Å². The largest absolute Gasteiger partial charge is 0.306 e. The van der Waals surface area contributed by atoms with Gasteiger partial charge in [-0.05, 0) is 33.0 Å². The van der Waals surface area contributed by atoms with Crippen molar-refractivity contribution in [3.63, 3.8) is 0 Å². The third kappa shape index (κ3) is 3.30. The Labute approximate surface area is 80.5 Å². The van der Waals surface area contributed by atoms with Crippen molar-refractivity contribution >= 4 is 11.6 Å². The molecule has 1 atom stereocenters. The molecule has 12 heavy (non-hydrogen) atoms. The molecular formula is C9H19ClN2. The van der Waals surface area contributed by atoms with Crippen LogP contribution in [0.15, 0.2) is 0 Å². The van der Waals surface area contributed by atoms with Gasteiger partial charge in [-0.25, -0.2) is 0 Å². The minimum atomic E-state index is 0.749. The first-order chi connectivity index (χ1) is 5.72. The van der Waals surface area contributed by atoms with E-state index in [1.807, 2.05) is 0 Å². The van der Waals surface area contributed by atoms with E-state index >= 15 is 0 Å². The topological polar surface area (TPSA) is 6.48 Å². The lowest BCUT2D eigenvalue weighted by atomic mass is 10.1. The van der Waals surface area contributed by atoms with Crippen LogP contribution in [0.1, 0.15) is 6.42 Å². The van der Waals surface area contributed by atoms with Gasteiger partial charge in [-0.15, -0.1) is 11.6 Å². The predicted octanol–water partition coefficient (Wildman–Crippen LogP) is 1.11. The first kappa shape index (κ1) is 10.3. The van der Waals surface area contributed by atoms with Crippen LogP contribution in [0.25, 0.3) is 0 Å². The van der Waals surface area contributed by atoms with Gasteiger partial charge in [0.15, 0.2) is 0 Å². The number of alkyl halides is 1. The zero-order valence-electron chi connectivity index (χ0n) is 8.09. The summed E-state index contributed by atoms with van der Waals surface area (Å²) in [7, 11) is 4.35. The van der Waals surface area contributed by atoms with Gasteiger partial charge < -0.3 is 9.80 Å². The fraction of sp³-hybridized carbons (Fsp3) is 1.00. The molecule has 3 heteroatoms. The van der Waals surface area contributed by atoms with Crippen LogP contribution in [0.4, 0.5) is 0 Å². The summed E-state index contributed by atoms with van der Waals surface area (Å²) in [6.07, 6.45) is 1.35. The molecule has 0 spiro atoms. The molecule has 0 radical (unpaired) electrons. The number of nitrogens with zero attached hydrogens (tertiary/aromatic N) is 2. The average Bonchev–Trinajstić information content (AvgIpc) is 2.36. The second kappa shape index (κ2) is 5.05. The summed E-state index contributed by atoms with van der Waals surface area (Å²) in [5.74, 6) is 1.61. The molecule has 1 fully saturated rings. The summed E-state index contributed by atoms with van der Waals surface area (Å²) in [6.45, 7) is 4.74. The number of likely N-dealkylation sites (tertiary alicyclic amines) is 1. The Kier molecular flexibility index (Phi) is 4.33. The van der Waals surface area contributed by atoms with E-state index in [0.29, 0.717) is 0 Å². The Bertz CT molecular complexity index is 130. The maximum atomic E-state index is 5.66. The fourth-order valence-corrected chi connectivity index (χ4v) is 2.14. The lowest BCUT2D eigenvalue weighted by Crippen LogP contribution is -2.28. The molecule has 0 aromatic carbocycles. The fourth-order valence-electron chi connectivity index (χ4n) is 1.85. The van der Waals surface area contributed by atoms with E-state index in [4.69, 9.17) is 11.6 Å². The van der Waals surface area contributed by atoms with Crippen molar-refractivity contribution in [1.29, 1.82) is 0 Å². The lowest BCUT2D eigenvalue weighted by Gasteiger charge is -2.19. The average molecular weight is 191 g/mol. The number of hydrogen-bond donors (Lipinski definition) is 0. The van der Waals surface area contributed by atoms with Gasteiger partial charge in [0.25, 0.3) is 0 Å². The van der Waals surface area contributed by atoms with Gasteiger partial charge in [-0.3, -0.25) is 0 Å². The van der Waals surface area contributed by atoms with Gasteiger partial charge in [0.05, 0.1) is 0 Å². The van der Waals surface area contributed by atoms with Crippen LogP contribution in [0.5, 0.6) is 0 Å².